The Balaban J connectivity index is 0.00000400. The second kappa shape index (κ2) is 17.5. The molecule has 0 radical (unpaired) electrons. The predicted molar refractivity (Wildman–Crippen MR) is 119 cm³/mol. The average molecular weight is 695 g/mol. The van der Waals surface area contributed by atoms with Crippen LogP contribution in [-0.2, 0) is 32.3 Å². The van der Waals surface area contributed by atoms with Gasteiger partial charge in [-0.2, -0.15) is 0 Å². The van der Waals surface area contributed by atoms with Crippen LogP contribution < -0.4 is 50.0 Å². The second-order valence-electron chi connectivity index (χ2n) is 8.10. The van der Waals surface area contributed by atoms with E-state index in [0.29, 0.717) is 34.2 Å². The van der Waals surface area contributed by atoms with Crippen molar-refractivity contribution in [2.45, 2.75) is 13.1 Å². The van der Waals surface area contributed by atoms with Crippen LogP contribution in [0.2, 0.25) is 0 Å². The summed E-state index contributed by atoms with van der Waals surface area (Å²) in [5.74, 6) is -5.78. The zero-order chi connectivity index (χ0) is 27.7. The average Bonchev–Trinajstić information content (AvgIpc) is 2.83. The van der Waals surface area contributed by atoms with Gasteiger partial charge in [0.05, 0.1) is 59.0 Å². The summed E-state index contributed by atoms with van der Waals surface area (Å²) in [6, 6.07) is 9.75. The molecule has 0 aliphatic rings. The number of carboxylic acid groups (broad SMARTS) is 4. The van der Waals surface area contributed by atoms with E-state index in [1.54, 1.807) is 36.4 Å². The quantitative estimate of drug-likeness (QED) is 0.143. The summed E-state index contributed by atoms with van der Waals surface area (Å²) < 4.78 is 0. The minimum absolute atomic E-state index is 0. The molecule has 14 nitrogen and oxygen atoms in total. The van der Waals surface area contributed by atoms with Gasteiger partial charge in [-0.3, -0.25) is 14.8 Å². The molecule has 40 heavy (non-hydrogen) atoms. The van der Waals surface area contributed by atoms with Gasteiger partial charge in [0.25, 0.3) is 0 Å². The van der Waals surface area contributed by atoms with E-state index in [1.165, 1.54) is 12.4 Å². The van der Waals surface area contributed by atoms with Gasteiger partial charge in [0, 0.05) is 39.3 Å². The molecule has 3 aromatic heterocycles. The number of carboxylic acids is 4. The number of carbonyl (C=O) groups excluding carboxylic acids is 4. The monoisotopic (exact) mass is 696 g/mol. The second-order valence-corrected chi connectivity index (χ2v) is 8.10. The van der Waals surface area contributed by atoms with Crippen LogP contribution in [-0.4, -0.2) is 79.8 Å². The van der Waals surface area contributed by atoms with Gasteiger partial charge >= 0.3 is 78.9 Å². The predicted octanol–water partition coefficient (Wildman–Crippen LogP) is -7.79. The molecule has 0 bridgehead atoms. The van der Waals surface area contributed by atoms with Crippen LogP contribution in [0.1, 0.15) is 11.4 Å². The molecule has 0 amide bonds. The van der Waals surface area contributed by atoms with Crippen molar-refractivity contribution in [1.29, 1.82) is 0 Å². The third kappa shape index (κ3) is 12.1. The summed E-state index contributed by atoms with van der Waals surface area (Å²) in [6.45, 7) is -2.69. The van der Waals surface area contributed by atoms with Crippen molar-refractivity contribution >= 4 is 23.9 Å². The molecule has 3 heterocycles. The van der Waals surface area contributed by atoms with Crippen molar-refractivity contribution in [1.82, 2.24) is 29.7 Å². The Morgan fingerprint density at radius 1 is 0.575 bits per heavy atom. The third-order valence-electron chi connectivity index (χ3n) is 4.95. The van der Waals surface area contributed by atoms with Gasteiger partial charge < -0.3 is 39.6 Å². The summed E-state index contributed by atoms with van der Waals surface area (Å²) in [7, 11) is 0. The number of pyridine rings is 2. The third-order valence-corrected chi connectivity index (χ3v) is 4.95. The molecule has 3 aromatic rings. The van der Waals surface area contributed by atoms with Crippen LogP contribution in [0.5, 0.6) is 0 Å². The van der Waals surface area contributed by atoms with Crippen molar-refractivity contribution in [3.05, 3.63) is 60.2 Å². The SMILES string of the molecule is O=C([O-])CN(CC(=O)[O-])Cc1cccc(-c2cncc(-c3cccc(CN(CC(=O)[O-])CC(=O)[O-])n3)n2)n1.[Eu+3].[Na+]. The van der Waals surface area contributed by atoms with Gasteiger partial charge in [-0.05, 0) is 24.3 Å². The molecule has 0 fully saturated rings. The Morgan fingerprint density at radius 3 is 1.25 bits per heavy atom. The van der Waals surface area contributed by atoms with E-state index in [-0.39, 0.29) is 92.0 Å². The van der Waals surface area contributed by atoms with E-state index in [9.17, 15) is 39.6 Å². The smallest absolute Gasteiger partial charge is 0.549 e. The number of aromatic nitrogens is 4. The van der Waals surface area contributed by atoms with Crippen molar-refractivity contribution in [3.63, 3.8) is 0 Å². The summed E-state index contributed by atoms with van der Waals surface area (Å²) >= 11 is 0. The Kier molecular flexibility index (Phi) is 15.7. The number of carbonyl (C=O) groups is 4. The standard InChI is InChI=1S/C24H24N6O8.Eu.Na/c31-21(32)11-29(12-22(33)34)9-15-3-1-5-17(26-15)19-7-25-8-20(28-19)18-6-2-4-16(27-18)10-30(13-23(35)36)14-24(37)38;;/h1-8H,9-14H2,(H,31,32)(H,33,34)(H,35,36)(H,37,38);;/q;+3;+1/p-4. The summed E-state index contributed by atoms with van der Waals surface area (Å²) in [5, 5.41) is 43.8. The molecule has 0 atom stereocenters. The van der Waals surface area contributed by atoms with Crippen LogP contribution in [0, 0.1) is 49.4 Å². The maximum absolute atomic E-state index is 10.9. The van der Waals surface area contributed by atoms with Gasteiger partial charge in [-0.1, -0.05) is 12.1 Å². The van der Waals surface area contributed by atoms with Crippen LogP contribution in [0.25, 0.3) is 22.8 Å². The van der Waals surface area contributed by atoms with E-state index >= 15 is 0 Å². The molecule has 0 unspecified atom stereocenters. The fourth-order valence-electron chi connectivity index (χ4n) is 3.56. The Bertz CT molecular complexity index is 1220. The first-order valence-electron chi connectivity index (χ1n) is 11.1. The molecule has 0 saturated carbocycles. The molecule has 0 aliphatic heterocycles. The first-order valence-corrected chi connectivity index (χ1v) is 11.1. The zero-order valence-electron chi connectivity index (χ0n) is 21.2. The van der Waals surface area contributed by atoms with Crippen molar-refractivity contribution in [2.75, 3.05) is 26.2 Å². The topological polar surface area (TPSA) is 219 Å². The van der Waals surface area contributed by atoms with Crippen molar-refractivity contribution < 1.29 is 119 Å². The van der Waals surface area contributed by atoms with Crippen LogP contribution in [0.15, 0.2) is 48.8 Å². The summed E-state index contributed by atoms with van der Waals surface area (Å²) in [5.41, 5.74) is 2.20. The van der Waals surface area contributed by atoms with Crippen molar-refractivity contribution in [3.8, 4) is 22.8 Å². The van der Waals surface area contributed by atoms with Gasteiger partial charge in [-0.15, -0.1) is 0 Å². The molecule has 0 spiro atoms. The summed E-state index contributed by atoms with van der Waals surface area (Å²) in [6.07, 6.45) is 2.89. The number of nitrogens with zero attached hydrogens (tertiary/aromatic N) is 6. The largest absolute Gasteiger partial charge is 3.00 e. The van der Waals surface area contributed by atoms with E-state index in [0.717, 1.165) is 9.80 Å². The number of hydrogen-bond acceptors (Lipinski definition) is 14. The van der Waals surface area contributed by atoms with E-state index in [1.807, 2.05) is 0 Å². The fraction of sp³-hybridized carbons (Fsp3) is 0.250. The zero-order valence-corrected chi connectivity index (χ0v) is 25.6. The van der Waals surface area contributed by atoms with Crippen LogP contribution in [0.4, 0.5) is 0 Å². The fourth-order valence-corrected chi connectivity index (χ4v) is 3.56. The Morgan fingerprint density at radius 2 is 0.925 bits per heavy atom. The Labute approximate surface area is 291 Å². The molecule has 0 N–H and O–H groups in total. The minimum atomic E-state index is -1.45. The van der Waals surface area contributed by atoms with E-state index in [4.69, 9.17) is 0 Å². The molecule has 0 aromatic carbocycles. The van der Waals surface area contributed by atoms with E-state index in [2.05, 4.69) is 19.9 Å². The maximum Gasteiger partial charge on any atom is 3.00 e. The molecule has 202 valence electrons. The molecular weight excluding hydrogens is 675 g/mol. The van der Waals surface area contributed by atoms with Gasteiger partial charge in [0.1, 0.15) is 11.4 Å². The normalized spacial score (nSPS) is 10.4. The van der Waals surface area contributed by atoms with Gasteiger partial charge in [0.15, 0.2) is 0 Å². The van der Waals surface area contributed by atoms with Crippen LogP contribution >= 0.6 is 0 Å². The van der Waals surface area contributed by atoms with Crippen molar-refractivity contribution in [2.24, 2.45) is 0 Å². The van der Waals surface area contributed by atoms with Gasteiger partial charge in [0.2, 0.25) is 0 Å². The molecule has 3 rings (SSSR count). The van der Waals surface area contributed by atoms with Crippen LogP contribution in [0.3, 0.4) is 0 Å². The van der Waals surface area contributed by atoms with Gasteiger partial charge in [-0.25, -0.2) is 15.0 Å². The molecule has 0 saturated heterocycles. The molecular formula is C24H20EuN6NaO8. The summed E-state index contributed by atoms with van der Waals surface area (Å²) in [4.78, 5) is 63.5. The number of rotatable bonds is 14. The van der Waals surface area contributed by atoms with E-state index < -0.39 is 50.1 Å². The number of hydrogen-bond donors (Lipinski definition) is 0. The molecule has 0 aliphatic carbocycles. The molecule has 16 heteroatoms. The number of aliphatic carboxylic acids is 4. The minimum Gasteiger partial charge on any atom is -0.549 e. The first kappa shape index (κ1) is 35.8. The maximum atomic E-state index is 10.9. The first-order chi connectivity index (χ1) is 18.1. The Hall–Kier alpha value is -2.24.